The number of hydrogen-bond donors (Lipinski definition) is 0. The molecule has 1 aliphatic rings. The highest BCUT2D eigenvalue weighted by atomic mass is 32.2. The third-order valence-electron chi connectivity index (χ3n) is 3.04. The van der Waals surface area contributed by atoms with Crippen LogP contribution in [0.1, 0.15) is 26.3 Å². The van der Waals surface area contributed by atoms with Crippen LogP contribution in [0.25, 0.3) is 6.08 Å². The number of hydrogen-bond acceptors (Lipinski definition) is 5. The van der Waals surface area contributed by atoms with E-state index in [2.05, 4.69) is 0 Å². The highest BCUT2D eigenvalue weighted by Gasteiger charge is 2.33. The maximum atomic E-state index is 12.1. The lowest BCUT2D eigenvalue weighted by atomic mass is 10.2. The normalized spacial score (nSPS) is 16.8. The molecule has 1 aromatic carbocycles. The molecule has 1 fully saturated rings. The Bertz CT molecular complexity index is 625. The molecule has 0 atom stereocenters. The highest BCUT2D eigenvalue weighted by Crippen LogP contribution is 2.34. The molecule has 1 heterocycles. The third-order valence-corrected chi connectivity index (χ3v) is 3.95. The molecule has 2 rings (SSSR count). The number of imide groups is 1. The van der Waals surface area contributed by atoms with Crippen molar-refractivity contribution in [2.24, 2.45) is 0 Å². The molecule has 0 aliphatic carbocycles. The molecule has 6 heteroatoms. The first kappa shape index (κ1) is 16.4. The average molecular weight is 321 g/mol. The molecule has 0 saturated carbocycles. The predicted molar refractivity (Wildman–Crippen MR) is 87.1 cm³/mol. The van der Waals surface area contributed by atoms with E-state index >= 15 is 0 Å². The zero-order valence-electron chi connectivity index (χ0n) is 13.1. The predicted octanol–water partition coefficient (Wildman–Crippen LogP) is 3.54. The Balaban J connectivity index is 2.29. The number of carbonyl (C=O) groups is 2. The van der Waals surface area contributed by atoms with Crippen LogP contribution >= 0.6 is 11.8 Å². The Morgan fingerprint density at radius 3 is 2.55 bits per heavy atom. The van der Waals surface area contributed by atoms with E-state index in [9.17, 15) is 9.59 Å². The van der Waals surface area contributed by atoms with Crippen molar-refractivity contribution in [3.8, 4) is 11.5 Å². The molecule has 0 N–H and O–H groups in total. The molecule has 2 amide bonds. The van der Waals surface area contributed by atoms with Crippen molar-refractivity contribution in [2.45, 2.75) is 26.9 Å². The molecule has 0 aromatic heterocycles. The van der Waals surface area contributed by atoms with Crippen LogP contribution in [0.4, 0.5) is 4.79 Å². The van der Waals surface area contributed by atoms with Gasteiger partial charge in [0.05, 0.1) is 18.1 Å². The van der Waals surface area contributed by atoms with Gasteiger partial charge in [0.25, 0.3) is 11.1 Å². The van der Waals surface area contributed by atoms with Crippen LogP contribution in [0.5, 0.6) is 11.5 Å². The van der Waals surface area contributed by atoms with Crippen LogP contribution in [0.15, 0.2) is 23.1 Å². The lowest BCUT2D eigenvalue weighted by molar-refractivity contribution is -0.122. The highest BCUT2D eigenvalue weighted by molar-refractivity contribution is 8.18. The number of carbonyl (C=O) groups excluding carboxylic acids is 2. The molecular formula is C16H19NO4S. The van der Waals surface area contributed by atoms with Crippen LogP contribution < -0.4 is 9.47 Å². The summed E-state index contributed by atoms with van der Waals surface area (Å²) in [6, 6.07) is 5.42. The van der Waals surface area contributed by atoms with Crippen LogP contribution in [0.3, 0.4) is 0 Å². The summed E-state index contributed by atoms with van der Waals surface area (Å²) in [6.45, 7) is 6.04. The number of benzene rings is 1. The molecule has 118 valence electrons. The Morgan fingerprint density at radius 2 is 2.00 bits per heavy atom. The van der Waals surface area contributed by atoms with E-state index in [1.807, 2.05) is 19.9 Å². The number of rotatable bonds is 5. The maximum absolute atomic E-state index is 12.1. The van der Waals surface area contributed by atoms with Gasteiger partial charge >= 0.3 is 0 Å². The van der Waals surface area contributed by atoms with Gasteiger partial charge in [-0.05, 0) is 56.3 Å². The Labute approximate surface area is 134 Å². The second-order valence-electron chi connectivity index (χ2n) is 5.00. The van der Waals surface area contributed by atoms with Crippen molar-refractivity contribution < 1.29 is 19.1 Å². The number of amides is 2. The van der Waals surface area contributed by atoms with Gasteiger partial charge in [0, 0.05) is 6.54 Å². The fraction of sp³-hybridized carbons (Fsp3) is 0.375. The van der Waals surface area contributed by atoms with Gasteiger partial charge in [0.1, 0.15) is 0 Å². The van der Waals surface area contributed by atoms with Crippen molar-refractivity contribution in [1.82, 2.24) is 4.90 Å². The first-order chi connectivity index (χ1) is 10.5. The van der Waals surface area contributed by atoms with Gasteiger partial charge in [-0.15, -0.1) is 0 Å². The van der Waals surface area contributed by atoms with Gasteiger partial charge < -0.3 is 9.47 Å². The van der Waals surface area contributed by atoms with Crippen LogP contribution in [-0.2, 0) is 4.79 Å². The first-order valence-corrected chi connectivity index (χ1v) is 7.88. The monoisotopic (exact) mass is 321 g/mol. The Kier molecular flexibility index (Phi) is 5.13. The topological polar surface area (TPSA) is 55.8 Å². The standard InChI is InChI=1S/C16H19NO4S/c1-5-17-15(18)14(22-16(17)19)9-11-6-7-12(21-10(2)3)13(8-11)20-4/h6-10H,5H2,1-4H3/b14-9+. The second-order valence-corrected chi connectivity index (χ2v) is 6.00. The summed E-state index contributed by atoms with van der Waals surface area (Å²) in [7, 11) is 1.57. The van der Waals surface area contributed by atoms with Crippen molar-refractivity contribution >= 4 is 29.0 Å². The van der Waals surface area contributed by atoms with E-state index in [-0.39, 0.29) is 17.3 Å². The fourth-order valence-electron chi connectivity index (χ4n) is 2.05. The summed E-state index contributed by atoms with van der Waals surface area (Å²) < 4.78 is 11.0. The number of ether oxygens (including phenoxy) is 2. The fourth-order valence-corrected chi connectivity index (χ4v) is 2.95. The molecule has 5 nitrogen and oxygen atoms in total. The Hall–Kier alpha value is -1.95. The van der Waals surface area contributed by atoms with Gasteiger partial charge in [-0.2, -0.15) is 0 Å². The lowest BCUT2D eigenvalue weighted by Crippen LogP contribution is -2.27. The van der Waals surface area contributed by atoms with Crippen molar-refractivity contribution in [3.63, 3.8) is 0 Å². The first-order valence-electron chi connectivity index (χ1n) is 7.06. The Morgan fingerprint density at radius 1 is 1.27 bits per heavy atom. The number of thioether (sulfide) groups is 1. The molecule has 0 radical (unpaired) electrons. The maximum Gasteiger partial charge on any atom is 0.293 e. The quantitative estimate of drug-likeness (QED) is 0.776. The van der Waals surface area contributed by atoms with E-state index in [1.165, 1.54) is 4.90 Å². The van der Waals surface area contributed by atoms with E-state index in [1.54, 1.807) is 32.2 Å². The number of nitrogens with zero attached hydrogens (tertiary/aromatic N) is 1. The van der Waals surface area contributed by atoms with Gasteiger partial charge in [-0.3, -0.25) is 14.5 Å². The van der Waals surface area contributed by atoms with Crippen LogP contribution in [0, 0.1) is 0 Å². The minimum absolute atomic E-state index is 0.0424. The van der Waals surface area contributed by atoms with Gasteiger partial charge in [-0.1, -0.05) is 6.07 Å². The molecule has 1 aliphatic heterocycles. The summed E-state index contributed by atoms with van der Waals surface area (Å²) in [4.78, 5) is 25.4. The SMILES string of the molecule is CCN1C(=O)S/C(=C/c2ccc(OC(C)C)c(OC)c2)C1=O. The van der Waals surface area contributed by atoms with E-state index < -0.39 is 0 Å². The summed E-state index contributed by atoms with van der Waals surface area (Å²) in [6.07, 6.45) is 1.74. The third kappa shape index (κ3) is 3.44. The molecular weight excluding hydrogens is 302 g/mol. The largest absolute Gasteiger partial charge is 0.493 e. The summed E-state index contributed by atoms with van der Waals surface area (Å²) >= 11 is 0.956. The van der Waals surface area contributed by atoms with Crippen molar-refractivity contribution in [1.29, 1.82) is 0 Å². The van der Waals surface area contributed by atoms with Crippen molar-refractivity contribution in [2.75, 3.05) is 13.7 Å². The molecule has 1 saturated heterocycles. The molecule has 1 aromatic rings. The molecule has 0 spiro atoms. The van der Waals surface area contributed by atoms with Crippen LogP contribution in [0.2, 0.25) is 0 Å². The number of likely N-dealkylation sites (N-methyl/N-ethyl adjacent to an activating group) is 1. The van der Waals surface area contributed by atoms with Crippen LogP contribution in [-0.4, -0.2) is 35.8 Å². The minimum atomic E-state index is -0.251. The summed E-state index contributed by atoms with van der Waals surface area (Å²) in [5, 5.41) is -0.231. The smallest absolute Gasteiger partial charge is 0.293 e. The summed E-state index contributed by atoms with van der Waals surface area (Å²) in [5.41, 5.74) is 0.787. The lowest BCUT2D eigenvalue weighted by Gasteiger charge is -2.13. The number of methoxy groups -OCH3 is 1. The zero-order valence-corrected chi connectivity index (χ0v) is 13.9. The van der Waals surface area contributed by atoms with E-state index in [0.717, 1.165) is 17.3 Å². The van der Waals surface area contributed by atoms with Crippen molar-refractivity contribution in [3.05, 3.63) is 28.7 Å². The molecule has 22 heavy (non-hydrogen) atoms. The van der Waals surface area contributed by atoms with Gasteiger partial charge in [0.15, 0.2) is 11.5 Å². The second kappa shape index (κ2) is 6.87. The van der Waals surface area contributed by atoms with E-state index in [0.29, 0.717) is 22.9 Å². The molecule has 0 unspecified atom stereocenters. The van der Waals surface area contributed by atoms with E-state index in [4.69, 9.17) is 9.47 Å². The minimum Gasteiger partial charge on any atom is -0.493 e. The molecule has 0 bridgehead atoms. The zero-order chi connectivity index (χ0) is 16.3. The van der Waals surface area contributed by atoms with Gasteiger partial charge in [-0.25, -0.2) is 0 Å². The van der Waals surface area contributed by atoms with Gasteiger partial charge in [0.2, 0.25) is 0 Å². The average Bonchev–Trinajstić information content (AvgIpc) is 2.74. The summed E-state index contributed by atoms with van der Waals surface area (Å²) in [5.74, 6) is 0.993.